The molecule has 13 heteroatoms. The minimum Gasteiger partial charge on any atom is -0.475 e. The van der Waals surface area contributed by atoms with Gasteiger partial charge in [0, 0.05) is 61.3 Å². The number of halogens is 4. The largest absolute Gasteiger partial charge is 0.490 e. The van der Waals surface area contributed by atoms with Crippen molar-refractivity contribution in [2.75, 3.05) is 26.2 Å². The molecule has 3 aromatic rings. The number of carboxylic acid groups (broad SMARTS) is 1. The van der Waals surface area contributed by atoms with Gasteiger partial charge in [-0.3, -0.25) is 19.5 Å². The molecule has 0 radical (unpaired) electrons. The minimum atomic E-state index is -5.08. The van der Waals surface area contributed by atoms with E-state index in [1.165, 1.54) is 6.42 Å². The van der Waals surface area contributed by atoms with Gasteiger partial charge in [0.2, 0.25) is 5.91 Å². The Bertz CT molecular complexity index is 1440. The van der Waals surface area contributed by atoms with E-state index in [4.69, 9.17) is 26.6 Å². The molecule has 2 fully saturated rings. The van der Waals surface area contributed by atoms with Crippen LogP contribution in [0.3, 0.4) is 0 Å². The van der Waals surface area contributed by atoms with Crippen LogP contribution in [0, 0.1) is 0 Å². The summed E-state index contributed by atoms with van der Waals surface area (Å²) in [6, 6.07) is 9.70. The third-order valence-electron chi connectivity index (χ3n) is 7.57. The van der Waals surface area contributed by atoms with Crippen molar-refractivity contribution in [3.63, 3.8) is 0 Å². The maximum atomic E-state index is 13.3. The van der Waals surface area contributed by atoms with Crippen LogP contribution in [-0.2, 0) is 22.6 Å². The predicted molar refractivity (Wildman–Crippen MR) is 151 cm³/mol. The number of carbonyl (C=O) groups is 2. The van der Waals surface area contributed by atoms with Crippen LogP contribution < -0.4 is 5.56 Å². The van der Waals surface area contributed by atoms with Gasteiger partial charge in [-0.1, -0.05) is 23.7 Å². The summed E-state index contributed by atoms with van der Waals surface area (Å²) in [5, 5.41) is 14.1. The topological polar surface area (TPSA) is 109 Å². The second-order valence-corrected chi connectivity index (χ2v) is 10.9. The number of hydrogen-bond acceptors (Lipinski definition) is 6. The van der Waals surface area contributed by atoms with Gasteiger partial charge in [-0.15, -0.1) is 0 Å². The number of likely N-dealkylation sites (tertiary alicyclic amines) is 2. The molecule has 1 aromatic carbocycles. The number of fused-ring (bicyclic) bond motifs is 1. The van der Waals surface area contributed by atoms with E-state index in [-0.39, 0.29) is 17.5 Å². The maximum absolute atomic E-state index is 13.3. The van der Waals surface area contributed by atoms with Crippen LogP contribution in [-0.4, -0.2) is 79.9 Å². The number of carbonyl (C=O) groups excluding carboxylic acids is 1. The average Bonchev–Trinajstić information content (AvgIpc) is 3.42. The van der Waals surface area contributed by atoms with E-state index < -0.39 is 12.1 Å². The first-order valence-corrected chi connectivity index (χ1v) is 14.3. The highest BCUT2D eigenvalue weighted by molar-refractivity contribution is 6.30. The fraction of sp³-hybridized carbons (Fsp3) is 0.483. The van der Waals surface area contributed by atoms with E-state index in [1.807, 2.05) is 29.2 Å². The number of amides is 1. The highest BCUT2D eigenvalue weighted by atomic mass is 35.5. The number of piperidine rings is 1. The van der Waals surface area contributed by atoms with Gasteiger partial charge in [-0.05, 0) is 62.4 Å². The van der Waals surface area contributed by atoms with Crippen molar-refractivity contribution in [1.82, 2.24) is 24.6 Å². The lowest BCUT2D eigenvalue weighted by molar-refractivity contribution is -0.192. The zero-order chi connectivity index (χ0) is 30.3. The molecule has 0 unspecified atom stereocenters. The molecule has 226 valence electrons. The molecule has 42 heavy (non-hydrogen) atoms. The van der Waals surface area contributed by atoms with Crippen molar-refractivity contribution >= 4 is 34.2 Å². The fourth-order valence-corrected chi connectivity index (χ4v) is 5.51. The molecule has 1 N–H and O–H groups in total. The normalized spacial score (nSPS) is 17.6. The van der Waals surface area contributed by atoms with Gasteiger partial charge >= 0.3 is 12.1 Å². The fourth-order valence-electron chi connectivity index (χ4n) is 5.38. The van der Waals surface area contributed by atoms with Crippen LogP contribution in [0.5, 0.6) is 0 Å². The van der Waals surface area contributed by atoms with Gasteiger partial charge in [0.15, 0.2) is 0 Å². The van der Waals surface area contributed by atoms with Crippen molar-refractivity contribution in [3.8, 4) is 0 Å². The Balaban J connectivity index is 0.000000517. The molecule has 2 saturated heterocycles. The monoisotopic (exact) mass is 607 g/mol. The number of nitrogens with zero attached hydrogens (tertiary/aromatic N) is 5. The van der Waals surface area contributed by atoms with E-state index in [0.717, 1.165) is 68.5 Å². The van der Waals surface area contributed by atoms with Crippen molar-refractivity contribution in [1.29, 1.82) is 0 Å². The maximum Gasteiger partial charge on any atom is 0.490 e. The predicted octanol–water partition coefficient (Wildman–Crippen LogP) is 4.54. The average molecular weight is 608 g/mol. The Labute approximate surface area is 245 Å². The summed E-state index contributed by atoms with van der Waals surface area (Å²) in [4.78, 5) is 43.5. The van der Waals surface area contributed by atoms with Gasteiger partial charge in [0.05, 0.1) is 17.6 Å². The zero-order valence-electron chi connectivity index (χ0n) is 23.0. The summed E-state index contributed by atoms with van der Waals surface area (Å²) >= 11 is 6.05. The molecule has 5 rings (SSSR count). The lowest BCUT2D eigenvalue weighted by Gasteiger charge is -2.29. The number of pyridine rings is 1. The Morgan fingerprint density at radius 2 is 1.69 bits per heavy atom. The number of benzene rings is 1. The van der Waals surface area contributed by atoms with Crippen molar-refractivity contribution in [2.24, 2.45) is 0 Å². The first-order chi connectivity index (χ1) is 20.0. The molecule has 0 bridgehead atoms. The van der Waals surface area contributed by atoms with E-state index in [9.17, 15) is 22.8 Å². The Kier molecular flexibility index (Phi) is 10.6. The second kappa shape index (κ2) is 14.1. The SMILES string of the molecule is O=C(CCN1CCC[C@@H]1Cn1nc(Cc2ccc(Cl)cc2)c2cnccc2c1=O)N1CCCCC1.O=C(O)C(F)(F)F. The third-order valence-corrected chi connectivity index (χ3v) is 7.82. The van der Waals surface area contributed by atoms with Gasteiger partial charge in [0.25, 0.3) is 5.56 Å². The molecular weight excluding hydrogens is 575 g/mol. The Morgan fingerprint density at radius 1 is 1.00 bits per heavy atom. The molecular formula is C29H33ClF3N5O4. The molecule has 0 spiro atoms. The smallest absolute Gasteiger partial charge is 0.475 e. The first-order valence-electron chi connectivity index (χ1n) is 13.9. The third kappa shape index (κ3) is 8.28. The number of carboxylic acids is 1. The Hall–Kier alpha value is -3.51. The molecule has 0 saturated carbocycles. The van der Waals surface area contributed by atoms with Crippen LogP contribution in [0.4, 0.5) is 13.2 Å². The van der Waals surface area contributed by atoms with E-state index in [0.29, 0.717) is 29.8 Å². The summed E-state index contributed by atoms with van der Waals surface area (Å²) in [5.41, 5.74) is 1.83. The number of aliphatic carboxylic acids is 1. The zero-order valence-corrected chi connectivity index (χ0v) is 23.8. The molecule has 1 amide bonds. The van der Waals surface area contributed by atoms with Crippen molar-refractivity contribution in [3.05, 3.63) is 69.4 Å². The van der Waals surface area contributed by atoms with Gasteiger partial charge in [0.1, 0.15) is 0 Å². The van der Waals surface area contributed by atoms with Crippen LogP contribution in [0.1, 0.15) is 49.8 Å². The van der Waals surface area contributed by atoms with E-state index >= 15 is 0 Å². The standard InChI is InChI=1S/C27H32ClN5O2.C2HF3O2/c28-21-8-6-20(7-9-21)17-25-24-18-29-12-10-23(24)27(35)33(30-25)19-22-5-4-15-31(22)16-11-26(34)32-13-2-1-3-14-32;3-2(4,5)1(6)7/h6-10,12,18,22H,1-5,11,13-17,19H2;(H,6,7)/t22-;/m1./s1. The molecule has 2 aliphatic heterocycles. The lowest BCUT2D eigenvalue weighted by Crippen LogP contribution is -2.41. The minimum absolute atomic E-state index is 0.0847. The highest BCUT2D eigenvalue weighted by Gasteiger charge is 2.38. The number of alkyl halides is 3. The summed E-state index contributed by atoms with van der Waals surface area (Å²) < 4.78 is 33.4. The molecule has 9 nitrogen and oxygen atoms in total. The second-order valence-electron chi connectivity index (χ2n) is 10.5. The van der Waals surface area contributed by atoms with Crippen LogP contribution in [0.2, 0.25) is 5.02 Å². The summed E-state index contributed by atoms with van der Waals surface area (Å²) in [6.07, 6.45) is 4.98. The highest BCUT2D eigenvalue weighted by Crippen LogP contribution is 2.22. The molecule has 4 heterocycles. The number of hydrogen-bond donors (Lipinski definition) is 1. The van der Waals surface area contributed by atoms with Crippen LogP contribution >= 0.6 is 11.6 Å². The van der Waals surface area contributed by atoms with Crippen LogP contribution in [0.15, 0.2) is 47.5 Å². The van der Waals surface area contributed by atoms with E-state index in [2.05, 4.69) is 9.88 Å². The Morgan fingerprint density at radius 3 is 2.36 bits per heavy atom. The van der Waals surface area contributed by atoms with Gasteiger partial charge < -0.3 is 10.0 Å². The molecule has 2 aromatic heterocycles. The summed E-state index contributed by atoms with van der Waals surface area (Å²) in [7, 11) is 0. The number of aromatic nitrogens is 3. The van der Waals surface area contributed by atoms with Gasteiger partial charge in [-0.2, -0.15) is 18.3 Å². The number of rotatable bonds is 7. The summed E-state index contributed by atoms with van der Waals surface area (Å²) in [6.45, 7) is 4.02. The van der Waals surface area contributed by atoms with E-state index in [1.54, 1.807) is 23.1 Å². The van der Waals surface area contributed by atoms with Gasteiger partial charge in [-0.25, -0.2) is 9.48 Å². The first kappa shape index (κ1) is 31.4. The van der Waals surface area contributed by atoms with Crippen molar-refractivity contribution < 1.29 is 27.9 Å². The van der Waals surface area contributed by atoms with Crippen LogP contribution in [0.25, 0.3) is 10.8 Å². The summed E-state index contributed by atoms with van der Waals surface area (Å²) in [5.74, 6) is -2.50. The molecule has 2 aliphatic rings. The quantitative estimate of drug-likeness (QED) is 0.420. The molecule has 1 atom stereocenters. The lowest BCUT2D eigenvalue weighted by atomic mass is 10.1. The van der Waals surface area contributed by atoms with Crippen molar-refractivity contribution in [2.45, 2.75) is 63.7 Å². The molecule has 0 aliphatic carbocycles.